The van der Waals surface area contributed by atoms with Crippen LogP contribution >= 0.6 is 0 Å². The lowest BCUT2D eigenvalue weighted by atomic mass is 9.98. The summed E-state index contributed by atoms with van der Waals surface area (Å²) in [5, 5.41) is 75.6. The van der Waals surface area contributed by atoms with Gasteiger partial charge in [0.2, 0.25) is 5.91 Å². The first-order valence-electron chi connectivity index (χ1n) is 23.6. The molecule has 8 N–H and O–H groups in total. The Morgan fingerprint density at radius 3 is 1.49 bits per heavy atom. The van der Waals surface area contributed by atoms with Crippen LogP contribution < -0.4 is 5.32 Å². The zero-order valence-corrected chi connectivity index (χ0v) is 36.3. The summed E-state index contributed by atoms with van der Waals surface area (Å²) in [7, 11) is 0. The predicted molar refractivity (Wildman–Crippen MR) is 229 cm³/mol. The second kappa shape index (κ2) is 36.7. The summed E-state index contributed by atoms with van der Waals surface area (Å²) in [6.45, 7) is 3.42. The van der Waals surface area contributed by atoms with Crippen molar-refractivity contribution in [2.45, 2.75) is 262 Å². The zero-order valence-electron chi connectivity index (χ0n) is 36.3. The molecule has 0 bridgehead atoms. The Bertz CT molecular complexity index is 939. The van der Waals surface area contributed by atoms with Crippen LogP contribution in [0.25, 0.3) is 0 Å². The van der Waals surface area contributed by atoms with Crippen LogP contribution in [0.2, 0.25) is 0 Å². The Hall–Kier alpha value is -1.15. The van der Waals surface area contributed by atoms with Crippen molar-refractivity contribution >= 4 is 5.91 Å². The van der Waals surface area contributed by atoms with Crippen molar-refractivity contribution in [3.05, 3.63) is 12.2 Å². The summed E-state index contributed by atoms with van der Waals surface area (Å²) in [5.41, 5.74) is 0. The number of ether oxygens (including phenoxy) is 2. The highest BCUT2D eigenvalue weighted by atomic mass is 16.7. The smallest absolute Gasteiger partial charge is 0.249 e. The van der Waals surface area contributed by atoms with Gasteiger partial charge < -0.3 is 50.5 Å². The fourth-order valence-electron chi connectivity index (χ4n) is 7.61. The summed E-state index contributed by atoms with van der Waals surface area (Å²) in [5.74, 6) is -0.703. The third kappa shape index (κ3) is 26.6. The second-order valence-corrected chi connectivity index (χ2v) is 16.8. The van der Waals surface area contributed by atoms with Crippen molar-refractivity contribution in [2.75, 3.05) is 13.2 Å². The standard InChI is InChI=1S/C46H89NO10/c1-3-5-7-9-11-13-15-17-18-19-20-21-22-24-26-28-30-32-34-39(50)45(55)47-37(36-56-46-44(54)43(53)42(52)40(35-48)57-46)41(51)38(49)33-31-29-27-25-23-16-14-12-10-8-6-4-2/h23,25,37-44,46,48-54H,3-22,24,26-36H2,1-2H3,(H,47,55). The van der Waals surface area contributed by atoms with Crippen LogP contribution in [0.5, 0.6) is 0 Å². The Balaban J connectivity index is 2.43. The third-order valence-corrected chi connectivity index (χ3v) is 11.6. The zero-order chi connectivity index (χ0) is 41.9. The van der Waals surface area contributed by atoms with Crippen molar-refractivity contribution in [3.63, 3.8) is 0 Å². The molecule has 1 rings (SSSR count). The number of rotatable bonds is 39. The van der Waals surface area contributed by atoms with Crippen molar-refractivity contribution in [3.8, 4) is 0 Å². The molecule has 0 aromatic heterocycles. The van der Waals surface area contributed by atoms with E-state index in [0.29, 0.717) is 12.8 Å². The SMILES string of the molecule is CCCCCCCCC=CCCCCC(O)C(O)C(COC1OC(CO)C(O)C(O)C1O)NC(=O)C(O)CCCCCCCCCCCCCCCCCCCC. The van der Waals surface area contributed by atoms with E-state index in [9.17, 15) is 40.5 Å². The maximum Gasteiger partial charge on any atom is 0.249 e. The number of amides is 1. The molecule has 1 heterocycles. The number of carbonyl (C=O) groups is 1. The average molecular weight is 816 g/mol. The number of allylic oxidation sites excluding steroid dienone is 2. The molecule has 1 fully saturated rings. The van der Waals surface area contributed by atoms with Crippen LogP contribution in [0.15, 0.2) is 12.2 Å². The van der Waals surface area contributed by atoms with Gasteiger partial charge in [0, 0.05) is 0 Å². The van der Waals surface area contributed by atoms with Gasteiger partial charge in [0.25, 0.3) is 0 Å². The van der Waals surface area contributed by atoms with Crippen molar-refractivity contribution in [2.24, 2.45) is 0 Å². The number of nitrogens with one attached hydrogen (secondary N) is 1. The van der Waals surface area contributed by atoms with E-state index in [-0.39, 0.29) is 12.8 Å². The van der Waals surface area contributed by atoms with Crippen LogP contribution in [-0.4, -0.2) is 110 Å². The van der Waals surface area contributed by atoms with Gasteiger partial charge in [-0.3, -0.25) is 4.79 Å². The van der Waals surface area contributed by atoms with Crippen LogP contribution in [0, 0.1) is 0 Å². The topological polar surface area (TPSA) is 189 Å². The van der Waals surface area contributed by atoms with Crippen molar-refractivity contribution < 1.29 is 50.0 Å². The predicted octanol–water partition coefficient (Wildman–Crippen LogP) is 7.67. The minimum Gasteiger partial charge on any atom is -0.394 e. The Kier molecular flexibility index (Phi) is 34.7. The number of hydrogen-bond donors (Lipinski definition) is 8. The van der Waals surface area contributed by atoms with Crippen molar-refractivity contribution in [1.29, 1.82) is 0 Å². The molecule has 9 unspecified atom stereocenters. The van der Waals surface area contributed by atoms with E-state index in [2.05, 4.69) is 31.3 Å². The Labute approximate surface area is 347 Å². The molecule has 11 nitrogen and oxygen atoms in total. The molecule has 338 valence electrons. The minimum atomic E-state index is -1.66. The lowest BCUT2D eigenvalue weighted by Gasteiger charge is -2.40. The molecule has 57 heavy (non-hydrogen) atoms. The highest BCUT2D eigenvalue weighted by molar-refractivity contribution is 5.80. The highest BCUT2D eigenvalue weighted by Crippen LogP contribution is 2.23. The molecular weight excluding hydrogens is 727 g/mol. The van der Waals surface area contributed by atoms with Crippen LogP contribution in [0.4, 0.5) is 0 Å². The van der Waals surface area contributed by atoms with E-state index < -0.39 is 74.2 Å². The van der Waals surface area contributed by atoms with Crippen molar-refractivity contribution in [1.82, 2.24) is 5.32 Å². The molecular formula is C46H89NO10. The molecule has 0 spiro atoms. The lowest BCUT2D eigenvalue weighted by Crippen LogP contribution is -2.60. The quantitative estimate of drug-likeness (QED) is 0.0226. The normalized spacial score (nSPS) is 22.2. The van der Waals surface area contributed by atoms with Crippen LogP contribution in [-0.2, 0) is 14.3 Å². The molecule has 0 radical (unpaired) electrons. The fourth-order valence-corrected chi connectivity index (χ4v) is 7.61. The summed E-state index contributed by atoms with van der Waals surface area (Å²) in [4.78, 5) is 13.1. The first-order chi connectivity index (χ1) is 27.7. The van der Waals surface area contributed by atoms with E-state index >= 15 is 0 Å². The molecule has 11 heteroatoms. The molecule has 1 aliphatic heterocycles. The molecule has 0 aromatic carbocycles. The van der Waals surface area contributed by atoms with Gasteiger partial charge >= 0.3 is 0 Å². The van der Waals surface area contributed by atoms with Gasteiger partial charge in [0.05, 0.1) is 25.4 Å². The summed E-state index contributed by atoms with van der Waals surface area (Å²) >= 11 is 0. The summed E-state index contributed by atoms with van der Waals surface area (Å²) in [6, 6.07) is -1.17. The van der Waals surface area contributed by atoms with E-state index in [1.807, 2.05) is 0 Å². The largest absolute Gasteiger partial charge is 0.394 e. The maximum absolute atomic E-state index is 13.1. The maximum atomic E-state index is 13.1. The summed E-state index contributed by atoms with van der Waals surface area (Å²) in [6.07, 6.45) is 26.9. The second-order valence-electron chi connectivity index (χ2n) is 16.8. The van der Waals surface area contributed by atoms with E-state index in [0.717, 1.165) is 38.5 Å². The number of aliphatic hydroxyl groups excluding tert-OH is 7. The van der Waals surface area contributed by atoms with Gasteiger partial charge in [-0.15, -0.1) is 0 Å². The van der Waals surface area contributed by atoms with E-state index in [1.165, 1.54) is 128 Å². The lowest BCUT2D eigenvalue weighted by molar-refractivity contribution is -0.303. The molecule has 9 atom stereocenters. The van der Waals surface area contributed by atoms with E-state index in [1.54, 1.807) is 0 Å². The third-order valence-electron chi connectivity index (χ3n) is 11.6. The summed E-state index contributed by atoms with van der Waals surface area (Å²) < 4.78 is 11.1. The van der Waals surface area contributed by atoms with Crippen LogP contribution in [0.1, 0.15) is 206 Å². The van der Waals surface area contributed by atoms with Crippen LogP contribution in [0.3, 0.4) is 0 Å². The molecule has 0 saturated carbocycles. The Morgan fingerprint density at radius 1 is 0.596 bits per heavy atom. The van der Waals surface area contributed by atoms with Gasteiger partial charge in [-0.25, -0.2) is 0 Å². The number of hydrogen-bond acceptors (Lipinski definition) is 10. The molecule has 0 aromatic rings. The van der Waals surface area contributed by atoms with Gasteiger partial charge in [0.15, 0.2) is 6.29 Å². The Morgan fingerprint density at radius 2 is 1.02 bits per heavy atom. The number of unbranched alkanes of at least 4 members (excludes halogenated alkanes) is 25. The van der Waals surface area contributed by atoms with Gasteiger partial charge in [-0.2, -0.15) is 0 Å². The number of carbonyl (C=O) groups excluding carboxylic acids is 1. The molecule has 1 amide bonds. The molecule has 1 aliphatic rings. The highest BCUT2D eigenvalue weighted by Gasteiger charge is 2.44. The average Bonchev–Trinajstić information content (AvgIpc) is 3.21. The van der Waals surface area contributed by atoms with Gasteiger partial charge in [-0.05, 0) is 38.5 Å². The fraction of sp³-hybridized carbons (Fsp3) is 0.935. The minimum absolute atomic E-state index is 0.260. The first kappa shape index (κ1) is 53.9. The molecule has 0 aliphatic carbocycles. The van der Waals surface area contributed by atoms with E-state index in [4.69, 9.17) is 9.47 Å². The van der Waals surface area contributed by atoms with Gasteiger partial charge in [0.1, 0.15) is 36.6 Å². The number of aliphatic hydroxyl groups is 7. The molecule has 1 saturated heterocycles. The first-order valence-corrected chi connectivity index (χ1v) is 23.6. The van der Waals surface area contributed by atoms with Gasteiger partial charge in [-0.1, -0.05) is 180 Å². The monoisotopic (exact) mass is 816 g/mol.